The number of ether oxygens (including phenoxy) is 1. The zero-order chi connectivity index (χ0) is 24.3. The number of nitrogens with one attached hydrogen (secondary N) is 1. The Hall–Kier alpha value is -3.18. The summed E-state index contributed by atoms with van der Waals surface area (Å²) in [6, 6.07) is 13.7. The number of rotatable bonds is 6. The summed E-state index contributed by atoms with van der Waals surface area (Å²) in [4.78, 5) is 16.6. The summed E-state index contributed by atoms with van der Waals surface area (Å²) in [7, 11) is 0. The number of halogens is 5. The third-order valence-corrected chi connectivity index (χ3v) is 5.96. The molecule has 0 aliphatic heterocycles. The van der Waals surface area contributed by atoms with Crippen molar-refractivity contribution in [1.82, 2.24) is 15.0 Å². The van der Waals surface area contributed by atoms with Crippen molar-refractivity contribution in [1.29, 1.82) is 0 Å². The molecular formula is C23H15Br2F3N4O2. The van der Waals surface area contributed by atoms with Gasteiger partial charge in [-0.15, -0.1) is 0 Å². The molecule has 0 fully saturated rings. The molecule has 0 saturated heterocycles. The van der Waals surface area contributed by atoms with Crippen LogP contribution in [0.5, 0.6) is 5.75 Å². The molecule has 0 aliphatic carbocycles. The van der Waals surface area contributed by atoms with Crippen molar-refractivity contribution in [2.75, 3.05) is 6.61 Å². The number of amides is 1. The fraction of sp³-hybridized carbons (Fsp3) is 0.0870. The number of carbonyl (C=O) groups excluding carboxylic acids is 1. The van der Waals surface area contributed by atoms with Gasteiger partial charge in [-0.2, -0.15) is 18.3 Å². The molecule has 2 aromatic carbocycles. The van der Waals surface area contributed by atoms with E-state index in [4.69, 9.17) is 4.74 Å². The van der Waals surface area contributed by atoms with Crippen molar-refractivity contribution in [2.24, 2.45) is 5.10 Å². The van der Waals surface area contributed by atoms with Crippen LogP contribution in [-0.4, -0.2) is 28.3 Å². The zero-order valence-corrected chi connectivity index (χ0v) is 20.4. The van der Waals surface area contributed by atoms with Gasteiger partial charge in [0.15, 0.2) is 12.4 Å². The monoisotopic (exact) mass is 594 g/mol. The first-order valence-electron chi connectivity index (χ1n) is 9.76. The first-order chi connectivity index (χ1) is 16.2. The van der Waals surface area contributed by atoms with Crippen LogP contribution < -0.4 is 10.2 Å². The molecule has 0 radical (unpaired) electrons. The number of hydrogen-bond donors (Lipinski definition) is 1. The first kappa shape index (κ1) is 24.0. The van der Waals surface area contributed by atoms with Crippen LogP contribution >= 0.6 is 31.9 Å². The standard InChI is InChI=1S/C23H15Br2F3N4O2/c24-18-11-19(25)22(21-17(18)7-2-8-29-21)34-13-20(33)31-30-12-16-6-3-9-32(16)15-5-1-4-14(10-15)23(26,27)28/h1-12H,13H2,(H,31,33)/b30-12+. The Bertz CT molecular complexity index is 1390. The molecule has 0 bridgehead atoms. The molecule has 4 rings (SSSR count). The quantitative estimate of drug-likeness (QED) is 0.216. The Balaban J connectivity index is 1.43. The van der Waals surface area contributed by atoms with Crippen molar-refractivity contribution < 1.29 is 22.7 Å². The highest BCUT2D eigenvalue weighted by Gasteiger charge is 2.30. The fourth-order valence-electron chi connectivity index (χ4n) is 3.19. The Morgan fingerprint density at radius 2 is 1.94 bits per heavy atom. The molecule has 2 heterocycles. The third-order valence-electron chi connectivity index (χ3n) is 4.72. The number of carbonyl (C=O) groups is 1. The average Bonchev–Trinajstić information content (AvgIpc) is 3.27. The zero-order valence-electron chi connectivity index (χ0n) is 17.2. The van der Waals surface area contributed by atoms with E-state index in [9.17, 15) is 18.0 Å². The topological polar surface area (TPSA) is 68.5 Å². The largest absolute Gasteiger partial charge is 0.480 e. The lowest BCUT2D eigenvalue weighted by atomic mass is 10.2. The van der Waals surface area contributed by atoms with Gasteiger partial charge in [0.2, 0.25) is 0 Å². The molecule has 0 saturated carbocycles. The second-order valence-electron chi connectivity index (χ2n) is 7.00. The van der Waals surface area contributed by atoms with Crippen LogP contribution in [0.15, 0.2) is 81.0 Å². The van der Waals surface area contributed by atoms with Crippen LogP contribution in [-0.2, 0) is 11.0 Å². The van der Waals surface area contributed by atoms with Gasteiger partial charge in [-0.05, 0) is 58.4 Å². The van der Waals surface area contributed by atoms with Crippen molar-refractivity contribution in [2.45, 2.75) is 6.18 Å². The highest BCUT2D eigenvalue weighted by Crippen LogP contribution is 2.37. The average molecular weight is 596 g/mol. The Morgan fingerprint density at radius 3 is 2.74 bits per heavy atom. The Morgan fingerprint density at radius 1 is 1.12 bits per heavy atom. The summed E-state index contributed by atoms with van der Waals surface area (Å²) in [6.07, 6.45) is 0.115. The molecule has 0 aliphatic rings. The van der Waals surface area contributed by atoms with Crippen LogP contribution in [0.1, 0.15) is 11.3 Å². The summed E-state index contributed by atoms with van der Waals surface area (Å²) in [5.41, 5.74) is 2.97. The molecule has 1 amide bonds. The number of nitrogens with zero attached hydrogens (tertiary/aromatic N) is 3. The molecule has 0 unspecified atom stereocenters. The van der Waals surface area contributed by atoms with E-state index in [0.717, 1.165) is 22.0 Å². The van der Waals surface area contributed by atoms with E-state index in [0.29, 0.717) is 27.1 Å². The highest BCUT2D eigenvalue weighted by molar-refractivity contribution is 9.11. The van der Waals surface area contributed by atoms with Gasteiger partial charge in [0.1, 0.15) is 5.52 Å². The SMILES string of the molecule is O=C(COc1c(Br)cc(Br)c2cccnc12)N/N=C/c1cccn1-c1cccc(C(F)(F)F)c1. The molecule has 4 aromatic rings. The molecule has 0 atom stereocenters. The minimum atomic E-state index is -4.45. The van der Waals surface area contributed by atoms with Crippen molar-refractivity contribution in [3.05, 3.63) is 87.2 Å². The first-order valence-corrected chi connectivity index (χ1v) is 11.3. The van der Waals surface area contributed by atoms with Gasteiger partial charge in [0.05, 0.1) is 21.9 Å². The maximum atomic E-state index is 13.0. The lowest BCUT2D eigenvalue weighted by Crippen LogP contribution is -2.25. The van der Waals surface area contributed by atoms with Crippen molar-refractivity contribution in [3.8, 4) is 11.4 Å². The molecule has 2 aromatic heterocycles. The minimum absolute atomic E-state index is 0.315. The molecule has 34 heavy (non-hydrogen) atoms. The van der Waals surface area contributed by atoms with Crippen LogP contribution in [0.3, 0.4) is 0 Å². The minimum Gasteiger partial charge on any atom is -0.480 e. The predicted octanol–water partition coefficient (Wildman–Crippen LogP) is 6.10. The van der Waals surface area contributed by atoms with Crippen LogP contribution in [0.2, 0.25) is 0 Å². The maximum Gasteiger partial charge on any atom is 0.416 e. The number of fused-ring (bicyclic) bond motifs is 1. The summed E-state index contributed by atoms with van der Waals surface area (Å²) in [5.74, 6) is -0.108. The van der Waals surface area contributed by atoms with Gasteiger partial charge < -0.3 is 9.30 Å². The van der Waals surface area contributed by atoms with E-state index in [1.165, 1.54) is 16.8 Å². The Labute approximate surface area is 208 Å². The molecular weight excluding hydrogens is 581 g/mol. The lowest BCUT2D eigenvalue weighted by molar-refractivity contribution is -0.137. The van der Waals surface area contributed by atoms with Crippen molar-refractivity contribution >= 4 is 54.9 Å². The number of hydrogen-bond acceptors (Lipinski definition) is 4. The normalized spacial score (nSPS) is 11.8. The summed E-state index contributed by atoms with van der Waals surface area (Å²) >= 11 is 6.88. The van der Waals surface area contributed by atoms with Gasteiger partial charge in [-0.1, -0.05) is 28.1 Å². The van der Waals surface area contributed by atoms with E-state index >= 15 is 0 Å². The second-order valence-corrected chi connectivity index (χ2v) is 8.71. The second kappa shape index (κ2) is 9.98. The Kier molecular flexibility index (Phi) is 7.03. The lowest BCUT2D eigenvalue weighted by Gasteiger charge is -2.11. The van der Waals surface area contributed by atoms with Gasteiger partial charge in [0.25, 0.3) is 5.91 Å². The van der Waals surface area contributed by atoms with Gasteiger partial charge in [-0.3, -0.25) is 9.78 Å². The number of alkyl halides is 3. The summed E-state index contributed by atoms with van der Waals surface area (Å²) in [6.45, 7) is -0.322. The number of aromatic nitrogens is 2. The smallest absolute Gasteiger partial charge is 0.416 e. The molecule has 11 heteroatoms. The van der Waals surface area contributed by atoms with E-state index in [1.807, 2.05) is 6.07 Å². The molecule has 0 spiro atoms. The van der Waals surface area contributed by atoms with E-state index < -0.39 is 17.6 Å². The summed E-state index contributed by atoms with van der Waals surface area (Å²) < 4.78 is 47.7. The van der Waals surface area contributed by atoms with Gasteiger partial charge >= 0.3 is 6.18 Å². The molecule has 1 N–H and O–H groups in total. The van der Waals surface area contributed by atoms with Crippen LogP contribution in [0, 0.1) is 0 Å². The van der Waals surface area contributed by atoms with E-state index in [1.54, 1.807) is 42.7 Å². The maximum absolute atomic E-state index is 13.0. The van der Waals surface area contributed by atoms with E-state index in [2.05, 4.69) is 47.4 Å². The fourth-order valence-corrected chi connectivity index (χ4v) is 4.58. The van der Waals surface area contributed by atoms with E-state index in [-0.39, 0.29) is 6.61 Å². The number of benzene rings is 2. The number of hydrazone groups is 1. The number of pyridine rings is 1. The molecule has 6 nitrogen and oxygen atoms in total. The van der Waals surface area contributed by atoms with Gasteiger partial charge in [-0.25, -0.2) is 5.43 Å². The third kappa shape index (κ3) is 5.31. The van der Waals surface area contributed by atoms with Crippen LogP contribution in [0.4, 0.5) is 13.2 Å². The van der Waals surface area contributed by atoms with Gasteiger partial charge in [0, 0.05) is 27.9 Å². The molecule has 174 valence electrons. The van der Waals surface area contributed by atoms with Crippen LogP contribution in [0.25, 0.3) is 16.6 Å². The van der Waals surface area contributed by atoms with Crippen molar-refractivity contribution in [3.63, 3.8) is 0 Å². The summed E-state index contributed by atoms with van der Waals surface area (Å²) in [5, 5.41) is 4.73. The predicted molar refractivity (Wildman–Crippen MR) is 129 cm³/mol. The highest BCUT2D eigenvalue weighted by atomic mass is 79.9.